The van der Waals surface area contributed by atoms with E-state index in [0.29, 0.717) is 16.0 Å². The zero-order chi connectivity index (χ0) is 14.1. The van der Waals surface area contributed by atoms with E-state index in [4.69, 9.17) is 23.2 Å². The molecule has 3 heteroatoms. The Bertz CT molecular complexity index is 624. The molecule has 0 N–H and O–H groups in total. The first-order valence-corrected chi connectivity index (χ1v) is 9.22. The Morgan fingerprint density at radius 1 is 1.05 bits per heavy atom. The molecule has 104 valence electrons. The van der Waals surface area contributed by atoms with Crippen molar-refractivity contribution in [1.29, 1.82) is 0 Å². The summed E-state index contributed by atoms with van der Waals surface area (Å²) in [7, 11) is 0.986. The lowest BCUT2D eigenvalue weighted by Crippen LogP contribution is -2.20. The first-order chi connectivity index (χ1) is 9.69. The van der Waals surface area contributed by atoms with Crippen molar-refractivity contribution in [1.82, 2.24) is 0 Å². The third-order valence-electron chi connectivity index (χ3n) is 4.17. The monoisotopic (exact) mass is 322 g/mol. The maximum atomic E-state index is 6.20. The molecular formula is C17H17Cl2P. The number of halogens is 2. The van der Waals surface area contributed by atoms with Gasteiger partial charge in [-0.2, -0.15) is 0 Å². The van der Waals surface area contributed by atoms with Gasteiger partial charge in [-0.15, -0.1) is 8.58 Å². The number of benzene rings is 2. The van der Waals surface area contributed by atoms with Crippen LogP contribution in [-0.4, -0.2) is 12.3 Å². The van der Waals surface area contributed by atoms with E-state index in [0.717, 1.165) is 14.2 Å². The maximum absolute atomic E-state index is 6.20. The highest BCUT2D eigenvalue weighted by atomic mass is 35.5. The van der Waals surface area contributed by atoms with Crippen molar-refractivity contribution in [3.05, 3.63) is 69.2 Å². The van der Waals surface area contributed by atoms with Crippen LogP contribution < -0.4 is 0 Å². The first kappa shape index (κ1) is 14.4. The molecule has 0 fully saturated rings. The molecule has 20 heavy (non-hydrogen) atoms. The summed E-state index contributed by atoms with van der Waals surface area (Å²) in [4.78, 5) is 0. The normalized spacial score (nSPS) is 22.1. The topological polar surface area (TPSA) is 0 Å². The zero-order valence-corrected chi connectivity index (χ0v) is 13.9. The van der Waals surface area contributed by atoms with E-state index in [1.165, 1.54) is 29.5 Å². The molecule has 0 heterocycles. The van der Waals surface area contributed by atoms with Gasteiger partial charge in [0.2, 0.25) is 0 Å². The molecule has 1 unspecified atom stereocenters. The predicted molar refractivity (Wildman–Crippen MR) is 91.1 cm³/mol. The molecule has 0 radical (unpaired) electrons. The van der Waals surface area contributed by atoms with Crippen LogP contribution in [0.4, 0.5) is 0 Å². The molecule has 3 rings (SSSR count). The molecule has 0 saturated heterocycles. The summed E-state index contributed by atoms with van der Waals surface area (Å²) in [5.41, 5.74) is 5.02. The van der Waals surface area contributed by atoms with Crippen molar-refractivity contribution in [2.75, 3.05) is 6.66 Å². The van der Waals surface area contributed by atoms with Gasteiger partial charge in [0, 0.05) is 5.92 Å². The highest BCUT2D eigenvalue weighted by Crippen LogP contribution is 2.42. The van der Waals surface area contributed by atoms with E-state index in [2.05, 4.69) is 37.0 Å². The highest BCUT2D eigenvalue weighted by Gasteiger charge is 2.27. The second kappa shape index (κ2) is 6.06. The van der Waals surface area contributed by atoms with Crippen LogP contribution >= 0.6 is 31.8 Å². The summed E-state index contributed by atoms with van der Waals surface area (Å²) in [6, 6.07) is 14.9. The van der Waals surface area contributed by atoms with Gasteiger partial charge in [-0.1, -0.05) is 53.5 Å². The minimum absolute atomic E-state index is 0.451. The number of rotatable bonds is 2. The predicted octanol–water partition coefficient (Wildman–Crippen LogP) is 5.75. The van der Waals surface area contributed by atoms with Crippen molar-refractivity contribution in [3.8, 4) is 0 Å². The summed E-state index contributed by atoms with van der Waals surface area (Å²) in [5.74, 6) is 0.451. The van der Waals surface area contributed by atoms with Gasteiger partial charge in [0.25, 0.3) is 0 Å². The first-order valence-electron chi connectivity index (χ1n) is 6.89. The lowest BCUT2D eigenvalue weighted by atomic mass is 9.79. The van der Waals surface area contributed by atoms with Gasteiger partial charge in [0.05, 0.1) is 10.0 Å². The standard InChI is InChI=1S/C17H17Cl2P/c1-20-13-8-11-4-2-3-5-14(11)15(10-13)12-6-7-16(18)17(19)9-12/h2-7,9,13,15,20H,8,10H2,1H3/t13-,15+/m1/s1. The molecule has 0 aliphatic heterocycles. The fraction of sp³-hybridized carbons (Fsp3) is 0.294. The van der Waals surface area contributed by atoms with Gasteiger partial charge in [0.1, 0.15) is 0 Å². The Labute approximate surface area is 132 Å². The van der Waals surface area contributed by atoms with E-state index < -0.39 is 0 Å². The van der Waals surface area contributed by atoms with Crippen LogP contribution in [0, 0.1) is 0 Å². The molecule has 0 spiro atoms. The number of hydrogen-bond acceptors (Lipinski definition) is 0. The molecule has 2 aromatic rings. The van der Waals surface area contributed by atoms with Crippen molar-refractivity contribution in [2.24, 2.45) is 0 Å². The number of hydrogen-bond donors (Lipinski definition) is 0. The molecule has 2 aromatic carbocycles. The molecular weight excluding hydrogens is 306 g/mol. The molecule has 3 atom stereocenters. The lowest BCUT2D eigenvalue weighted by molar-refractivity contribution is 0.627. The Balaban J connectivity index is 2.05. The Kier molecular flexibility index (Phi) is 4.36. The molecule has 0 bridgehead atoms. The van der Waals surface area contributed by atoms with Gasteiger partial charge >= 0.3 is 0 Å². The summed E-state index contributed by atoms with van der Waals surface area (Å²) >= 11 is 12.2. The maximum Gasteiger partial charge on any atom is 0.0595 e. The van der Waals surface area contributed by atoms with Gasteiger partial charge in [-0.25, -0.2) is 0 Å². The molecule has 0 saturated carbocycles. The van der Waals surface area contributed by atoms with Crippen LogP contribution in [0.3, 0.4) is 0 Å². The van der Waals surface area contributed by atoms with E-state index in [1.54, 1.807) is 0 Å². The molecule has 0 aromatic heterocycles. The quantitative estimate of drug-likeness (QED) is 0.618. The van der Waals surface area contributed by atoms with E-state index in [9.17, 15) is 0 Å². The van der Waals surface area contributed by atoms with Crippen LogP contribution in [0.2, 0.25) is 10.0 Å². The smallest absolute Gasteiger partial charge is 0.0595 e. The lowest BCUT2D eigenvalue weighted by Gasteiger charge is -2.31. The summed E-state index contributed by atoms with van der Waals surface area (Å²) in [6.45, 7) is 2.31. The minimum atomic E-state index is 0.451. The van der Waals surface area contributed by atoms with E-state index >= 15 is 0 Å². The SMILES string of the molecule is CP[C@@H]1Cc2ccccc2[C@H](c2ccc(Cl)c(Cl)c2)C1. The molecule has 1 aliphatic carbocycles. The second-order valence-electron chi connectivity index (χ2n) is 5.35. The average molecular weight is 323 g/mol. The van der Waals surface area contributed by atoms with Crippen molar-refractivity contribution < 1.29 is 0 Å². The third-order valence-corrected chi connectivity index (χ3v) is 6.17. The molecule has 0 amide bonds. The fourth-order valence-corrected chi connectivity index (χ4v) is 4.29. The van der Waals surface area contributed by atoms with Gasteiger partial charge in [-0.05, 0) is 54.0 Å². The molecule has 0 nitrogen and oxygen atoms in total. The van der Waals surface area contributed by atoms with Gasteiger partial charge < -0.3 is 0 Å². The van der Waals surface area contributed by atoms with Crippen molar-refractivity contribution in [2.45, 2.75) is 24.4 Å². The fourth-order valence-electron chi connectivity index (χ4n) is 3.08. The van der Waals surface area contributed by atoms with Gasteiger partial charge in [0.15, 0.2) is 0 Å². The summed E-state index contributed by atoms with van der Waals surface area (Å²) < 4.78 is 0. The van der Waals surface area contributed by atoms with Crippen molar-refractivity contribution in [3.63, 3.8) is 0 Å². The van der Waals surface area contributed by atoms with Crippen LogP contribution in [0.5, 0.6) is 0 Å². The second-order valence-corrected chi connectivity index (χ2v) is 7.56. The third kappa shape index (κ3) is 2.75. The Morgan fingerprint density at radius 3 is 2.60 bits per heavy atom. The largest absolute Gasteiger partial charge is 0.122 e. The van der Waals surface area contributed by atoms with Gasteiger partial charge in [-0.3, -0.25) is 0 Å². The zero-order valence-electron chi connectivity index (χ0n) is 11.4. The number of fused-ring (bicyclic) bond motifs is 1. The Morgan fingerprint density at radius 2 is 1.85 bits per heavy atom. The van der Waals surface area contributed by atoms with Crippen LogP contribution in [-0.2, 0) is 6.42 Å². The van der Waals surface area contributed by atoms with E-state index in [1.807, 2.05) is 12.1 Å². The summed E-state index contributed by atoms with van der Waals surface area (Å²) in [6.07, 6.45) is 2.42. The minimum Gasteiger partial charge on any atom is -0.122 e. The van der Waals surface area contributed by atoms with Crippen LogP contribution in [0.15, 0.2) is 42.5 Å². The average Bonchev–Trinajstić information content (AvgIpc) is 2.49. The van der Waals surface area contributed by atoms with Crippen LogP contribution in [0.25, 0.3) is 0 Å². The Hall–Kier alpha value is -0.550. The van der Waals surface area contributed by atoms with Crippen molar-refractivity contribution >= 4 is 31.8 Å². The molecule has 1 aliphatic rings. The highest BCUT2D eigenvalue weighted by molar-refractivity contribution is 7.37. The summed E-state index contributed by atoms with van der Waals surface area (Å²) in [5, 5.41) is 1.29. The van der Waals surface area contributed by atoms with Crippen LogP contribution in [0.1, 0.15) is 29.0 Å². The van der Waals surface area contributed by atoms with E-state index in [-0.39, 0.29) is 0 Å².